The second-order valence-electron chi connectivity index (χ2n) is 6.19. The molecule has 3 N–H and O–H groups in total. The number of rotatable bonds is 5. The number of urea groups is 1. The summed E-state index contributed by atoms with van der Waals surface area (Å²) >= 11 is 6.06. The molecule has 1 unspecified atom stereocenters. The summed E-state index contributed by atoms with van der Waals surface area (Å²) in [7, 11) is 0. The SMILES string of the molecule is Cc1ccc(NC(=O)CCC2(c3ccccc3)NC(=O)NC2=O)cc1Cl. The highest BCUT2D eigenvalue weighted by atomic mass is 35.5. The van der Waals surface area contributed by atoms with Gasteiger partial charge in [0.2, 0.25) is 5.91 Å². The molecule has 6 nitrogen and oxygen atoms in total. The zero-order valence-electron chi connectivity index (χ0n) is 14.1. The van der Waals surface area contributed by atoms with Crippen LogP contribution < -0.4 is 16.0 Å². The Morgan fingerprint density at radius 3 is 2.50 bits per heavy atom. The fourth-order valence-electron chi connectivity index (χ4n) is 2.93. The molecule has 0 spiro atoms. The number of hydrogen-bond donors (Lipinski definition) is 3. The third-order valence-corrected chi connectivity index (χ3v) is 4.80. The van der Waals surface area contributed by atoms with Gasteiger partial charge in [-0.25, -0.2) is 4.79 Å². The van der Waals surface area contributed by atoms with E-state index in [1.165, 1.54) is 0 Å². The maximum absolute atomic E-state index is 12.4. The normalized spacial score (nSPS) is 19.0. The standard InChI is InChI=1S/C19H18ClN3O3/c1-12-7-8-14(11-15(12)20)21-16(24)9-10-19(13-5-3-2-4-6-13)17(25)22-18(26)23-19/h2-8,11H,9-10H2,1H3,(H,21,24)(H2,22,23,25,26). The van der Waals surface area contributed by atoms with Crippen molar-refractivity contribution in [2.75, 3.05) is 5.32 Å². The van der Waals surface area contributed by atoms with Crippen molar-refractivity contribution in [3.05, 3.63) is 64.7 Å². The van der Waals surface area contributed by atoms with Crippen molar-refractivity contribution >= 4 is 35.1 Å². The first-order valence-corrected chi connectivity index (χ1v) is 8.54. The van der Waals surface area contributed by atoms with E-state index in [2.05, 4.69) is 16.0 Å². The fraction of sp³-hybridized carbons (Fsp3) is 0.211. The number of amides is 4. The summed E-state index contributed by atoms with van der Waals surface area (Å²) in [6.07, 6.45) is 0.189. The Morgan fingerprint density at radius 2 is 1.88 bits per heavy atom. The van der Waals surface area contributed by atoms with Crippen molar-refractivity contribution in [2.24, 2.45) is 0 Å². The molecule has 3 rings (SSSR count). The zero-order valence-corrected chi connectivity index (χ0v) is 14.9. The van der Waals surface area contributed by atoms with Gasteiger partial charge in [-0.3, -0.25) is 14.9 Å². The van der Waals surface area contributed by atoms with Gasteiger partial charge in [-0.2, -0.15) is 0 Å². The fourth-order valence-corrected chi connectivity index (χ4v) is 3.11. The predicted molar refractivity (Wildman–Crippen MR) is 98.8 cm³/mol. The molecule has 0 radical (unpaired) electrons. The number of halogens is 1. The molecule has 2 aromatic carbocycles. The number of carbonyl (C=O) groups excluding carboxylic acids is 3. The molecular weight excluding hydrogens is 354 g/mol. The topological polar surface area (TPSA) is 87.3 Å². The smallest absolute Gasteiger partial charge is 0.322 e. The molecule has 1 fully saturated rings. The summed E-state index contributed by atoms with van der Waals surface area (Å²) in [6, 6.07) is 13.6. The highest BCUT2D eigenvalue weighted by Gasteiger charge is 2.47. The predicted octanol–water partition coefficient (Wildman–Crippen LogP) is 3.10. The Hall–Kier alpha value is -2.86. The van der Waals surface area contributed by atoms with Gasteiger partial charge in [0, 0.05) is 17.1 Å². The molecule has 0 aromatic heterocycles. The van der Waals surface area contributed by atoms with E-state index in [1.54, 1.807) is 36.4 Å². The first kappa shape index (κ1) is 17.9. The summed E-state index contributed by atoms with van der Waals surface area (Å²) in [6.45, 7) is 1.87. The molecule has 0 saturated carbocycles. The average molecular weight is 372 g/mol. The number of anilines is 1. The van der Waals surface area contributed by atoms with Gasteiger partial charge in [-0.05, 0) is 36.6 Å². The number of nitrogens with one attached hydrogen (secondary N) is 3. The lowest BCUT2D eigenvalue weighted by Crippen LogP contribution is -2.44. The van der Waals surface area contributed by atoms with E-state index in [4.69, 9.17) is 11.6 Å². The van der Waals surface area contributed by atoms with Crippen LogP contribution in [0.2, 0.25) is 5.02 Å². The van der Waals surface area contributed by atoms with E-state index >= 15 is 0 Å². The maximum Gasteiger partial charge on any atom is 0.322 e. The van der Waals surface area contributed by atoms with Crippen LogP contribution in [0.25, 0.3) is 0 Å². The highest BCUT2D eigenvalue weighted by molar-refractivity contribution is 6.31. The molecule has 26 heavy (non-hydrogen) atoms. The molecule has 1 saturated heterocycles. The molecule has 2 aromatic rings. The molecule has 7 heteroatoms. The second-order valence-corrected chi connectivity index (χ2v) is 6.60. The molecule has 0 bridgehead atoms. The highest BCUT2D eigenvalue weighted by Crippen LogP contribution is 2.30. The van der Waals surface area contributed by atoms with E-state index in [0.29, 0.717) is 16.3 Å². The van der Waals surface area contributed by atoms with Crippen LogP contribution in [0.1, 0.15) is 24.0 Å². The largest absolute Gasteiger partial charge is 0.326 e. The Balaban J connectivity index is 1.74. The Labute approximate surface area is 155 Å². The number of imide groups is 1. The van der Waals surface area contributed by atoms with Gasteiger partial charge in [0.05, 0.1) is 0 Å². The van der Waals surface area contributed by atoms with Crippen LogP contribution >= 0.6 is 11.6 Å². The van der Waals surface area contributed by atoms with Crippen molar-refractivity contribution in [1.82, 2.24) is 10.6 Å². The first-order valence-electron chi connectivity index (χ1n) is 8.16. The molecule has 4 amide bonds. The second kappa shape index (κ2) is 7.17. The van der Waals surface area contributed by atoms with Crippen molar-refractivity contribution in [1.29, 1.82) is 0 Å². The van der Waals surface area contributed by atoms with E-state index in [0.717, 1.165) is 5.56 Å². The van der Waals surface area contributed by atoms with E-state index in [1.807, 2.05) is 19.1 Å². The lowest BCUT2D eigenvalue weighted by Gasteiger charge is -2.26. The lowest BCUT2D eigenvalue weighted by molar-refractivity contribution is -0.125. The van der Waals surface area contributed by atoms with Crippen LogP contribution in [0.4, 0.5) is 10.5 Å². The molecule has 1 atom stereocenters. The molecule has 0 aliphatic carbocycles. The minimum absolute atomic E-state index is 0.0497. The van der Waals surface area contributed by atoms with E-state index in [-0.39, 0.29) is 18.7 Å². The monoisotopic (exact) mass is 371 g/mol. The van der Waals surface area contributed by atoms with Gasteiger partial charge in [0.25, 0.3) is 5.91 Å². The van der Waals surface area contributed by atoms with Gasteiger partial charge in [-0.1, -0.05) is 48.0 Å². The number of benzene rings is 2. The van der Waals surface area contributed by atoms with Crippen molar-refractivity contribution in [2.45, 2.75) is 25.3 Å². The van der Waals surface area contributed by atoms with Gasteiger partial charge in [-0.15, -0.1) is 0 Å². The van der Waals surface area contributed by atoms with Crippen molar-refractivity contribution in [3.63, 3.8) is 0 Å². The zero-order chi connectivity index (χ0) is 18.7. The third-order valence-electron chi connectivity index (χ3n) is 4.39. The van der Waals surface area contributed by atoms with Crippen LogP contribution in [0.3, 0.4) is 0 Å². The summed E-state index contributed by atoms with van der Waals surface area (Å²) in [4.78, 5) is 36.4. The Morgan fingerprint density at radius 1 is 1.15 bits per heavy atom. The Kier molecular flexibility index (Phi) is 4.95. The minimum Gasteiger partial charge on any atom is -0.326 e. The van der Waals surface area contributed by atoms with Crippen molar-refractivity contribution in [3.8, 4) is 0 Å². The molecule has 1 heterocycles. The van der Waals surface area contributed by atoms with Gasteiger partial charge < -0.3 is 10.6 Å². The third kappa shape index (κ3) is 3.55. The van der Waals surface area contributed by atoms with Crippen LogP contribution in [-0.4, -0.2) is 17.8 Å². The quantitative estimate of drug-likeness (QED) is 0.706. The van der Waals surface area contributed by atoms with Gasteiger partial charge in [0.1, 0.15) is 5.54 Å². The van der Waals surface area contributed by atoms with Gasteiger partial charge >= 0.3 is 6.03 Å². The summed E-state index contributed by atoms with van der Waals surface area (Å²) in [5.74, 6) is -0.728. The van der Waals surface area contributed by atoms with Crippen LogP contribution in [0.15, 0.2) is 48.5 Å². The van der Waals surface area contributed by atoms with Crippen LogP contribution in [0.5, 0.6) is 0 Å². The summed E-state index contributed by atoms with van der Waals surface area (Å²) in [5, 5.41) is 8.25. The number of hydrogen-bond acceptors (Lipinski definition) is 3. The first-order chi connectivity index (χ1) is 12.4. The van der Waals surface area contributed by atoms with E-state index in [9.17, 15) is 14.4 Å². The lowest BCUT2D eigenvalue weighted by atomic mass is 9.85. The number of aryl methyl sites for hydroxylation is 1. The van der Waals surface area contributed by atoms with Crippen LogP contribution in [0, 0.1) is 6.92 Å². The van der Waals surface area contributed by atoms with Gasteiger partial charge in [0.15, 0.2) is 0 Å². The molecule has 1 aliphatic rings. The summed E-state index contributed by atoms with van der Waals surface area (Å²) < 4.78 is 0. The number of carbonyl (C=O) groups is 3. The average Bonchev–Trinajstić information content (AvgIpc) is 2.92. The Bertz CT molecular complexity index is 870. The molecule has 1 aliphatic heterocycles. The molecule has 134 valence electrons. The minimum atomic E-state index is -1.25. The van der Waals surface area contributed by atoms with E-state index < -0.39 is 17.5 Å². The van der Waals surface area contributed by atoms with Crippen LogP contribution in [-0.2, 0) is 15.1 Å². The maximum atomic E-state index is 12.4. The van der Waals surface area contributed by atoms with Crippen molar-refractivity contribution < 1.29 is 14.4 Å². The summed E-state index contributed by atoms with van der Waals surface area (Å²) in [5.41, 5.74) is 0.882. The molecular formula is C19H18ClN3O3.